The van der Waals surface area contributed by atoms with Crippen LogP contribution in [-0.4, -0.2) is 35.7 Å². The number of hydrogen-bond donors (Lipinski definition) is 2. The maximum Gasteiger partial charge on any atom is 0.327 e. The molecule has 2 rings (SSSR count). The lowest BCUT2D eigenvalue weighted by atomic mass is 10.1. The third kappa shape index (κ3) is 3.17. The molecule has 1 saturated heterocycles. The molecule has 0 radical (unpaired) electrons. The van der Waals surface area contributed by atoms with Crippen LogP contribution in [0.1, 0.15) is 18.0 Å². The van der Waals surface area contributed by atoms with E-state index in [1.165, 1.54) is 7.11 Å². The van der Waals surface area contributed by atoms with Crippen LogP contribution in [0.5, 0.6) is 5.75 Å². The number of thioether (sulfide) groups is 1. The molecule has 18 heavy (non-hydrogen) atoms. The third-order valence-corrected chi connectivity index (χ3v) is 4.16. The van der Waals surface area contributed by atoms with Gasteiger partial charge in [-0.25, -0.2) is 4.79 Å². The number of nitrogens with one attached hydrogen (secondary N) is 1. The van der Waals surface area contributed by atoms with Crippen LogP contribution in [0.2, 0.25) is 0 Å². The summed E-state index contributed by atoms with van der Waals surface area (Å²) in [5, 5.41) is 12.6. The number of benzene rings is 1. The van der Waals surface area contributed by atoms with Crippen LogP contribution in [0.15, 0.2) is 24.3 Å². The standard InChI is InChI=1S/C13H17NO3S/c1-17-13(16)12(14-10-6-7-18-8-10)9-2-4-11(15)5-3-9/h2-5,10,12,14-15H,6-8H2,1H3/t10-,12-/m0/s1. The minimum atomic E-state index is -0.459. The van der Waals surface area contributed by atoms with Crippen molar-refractivity contribution in [3.05, 3.63) is 29.8 Å². The zero-order valence-electron chi connectivity index (χ0n) is 10.3. The second kappa shape index (κ2) is 6.11. The van der Waals surface area contributed by atoms with Gasteiger partial charge in [0.15, 0.2) is 0 Å². The lowest BCUT2D eigenvalue weighted by Crippen LogP contribution is -2.37. The van der Waals surface area contributed by atoms with E-state index >= 15 is 0 Å². The van der Waals surface area contributed by atoms with Crippen LogP contribution in [0.25, 0.3) is 0 Å². The Morgan fingerprint density at radius 1 is 1.50 bits per heavy atom. The first-order valence-corrected chi connectivity index (χ1v) is 7.06. The van der Waals surface area contributed by atoms with E-state index in [1.807, 2.05) is 11.8 Å². The minimum Gasteiger partial charge on any atom is -0.508 e. The number of phenolic OH excluding ortho intramolecular Hbond substituents is 1. The highest BCUT2D eigenvalue weighted by Crippen LogP contribution is 2.23. The first kappa shape index (κ1) is 13.2. The summed E-state index contributed by atoms with van der Waals surface area (Å²) in [6, 6.07) is 6.53. The summed E-state index contributed by atoms with van der Waals surface area (Å²) in [6.45, 7) is 0. The van der Waals surface area contributed by atoms with E-state index in [4.69, 9.17) is 4.74 Å². The summed E-state index contributed by atoms with van der Waals surface area (Å²) < 4.78 is 4.84. The van der Waals surface area contributed by atoms with E-state index in [9.17, 15) is 9.90 Å². The molecule has 4 nitrogen and oxygen atoms in total. The van der Waals surface area contributed by atoms with E-state index in [-0.39, 0.29) is 11.7 Å². The van der Waals surface area contributed by atoms with Crippen molar-refractivity contribution in [3.8, 4) is 5.75 Å². The number of hydrogen-bond acceptors (Lipinski definition) is 5. The van der Waals surface area contributed by atoms with E-state index in [2.05, 4.69) is 5.32 Å². The topological polar surface area (TPSA) is 58.6 Å². The molecule has 0 unspecified atom stereocenters. The van der Waals surface area contributed by atoms with Gasteiger partial charge < -0.3 is 9.84 Å². The molecule has 1 aliphatic heterocycles. The van der Waals surface area contributed by atoms with Crippen molar-refractivity contribution in [2.24, 2.45) is 0 Å². The Bertz CT molecular complexity index is 401. The predicted molar refractivity (Wildman–Crippen MR) is 71.7 cm³/mol. The van der Waals surface area contributed by atoms with Crippen molar-refractivity contribution in [2.75, 3.05) is 18.6 Å². The fourth-order valence-corrected chi connectivity index (χ4v) is 3.15. The van der Waals surface area contributed by atoms with Crippen molar-refractivity contribution in [2.45, 2.75) is 18.5 Å². The summed E-state index contributed by atoms with van der Waals surface area (Å²) in [6.07, 6.45) is 1.07. The maximum atomic E-state index is 11.8. The Hall–Kier alpha value is -1.20. The molecule has 0 spiro atoms. The van der Waals surface area contributed by atoms with E-state index < -0.39 is 6.04 Å². The molecule has 98 valence electrons. The monoisotopic (exact) mass is 267 g/mol. The summed E-state index contributed by atoms with van der Waals surface area (Å²) in [7, 11) is 1.39. The Balaban J connectivity index is 2.13. The molecule has 1 heterocycles. The second-order valence-corrected chi connectivity index (χ2v) is 5.42. The first-order chi connectivity index (χ1) is 8.70. The van der Waals surface area contributed by atoms with Crippen molar-refractivity contribution >= 4 is 17.7 Å². The number of carbonyl (C=O) groups is 1. The smallest absolute Gasteiger partial charge is 0.327 e. The summed E-state index contributed by atoms with van der Waals surface area (Å²) in [4.78, 5) is 11.8. The van der Waals surface area contributed by atoms with Gasteiger partial charge in [-0.2, -0.15) is 11.8 Å². The van der Waals surface area contributed by atoms with E-state index in [1.54, 1.807) is 24.3 Å². The number of phenols is 1. The SMILES string of the molecule is COC(=O)[C@@H](N[C@H]1CCSC1)c1ccc(O)cc1. The van der Waals surface area contributed by atoms with Crippen LogP contribution in [0.4, 0.5) is 0 Å². The normalized spacial score (nSPS) is 20.6. The fourth-order valence-electron chi connectivity index (χ4n) is 1.99. The average molecular weight is 267 g/mol. The van der Waals surface area contributed by atoms with Gasteiger partial charge in [0, 0.05) is 11.8 Å². The Labute approximate surface area is 111 Å². The highest BCUT2D eigenvalue weighted by atomic mass is 32.2. The largest absolute Gasteiger partial charge is 0.508 e. The third-order valence-electron chi connectivity index (χ3n) is 3.00. The van der Waals surface area contributed by atoms with Gasteiger partial charge in [-0.3, -0.25) is 5.32 Å². The minimum absolute atomic E-state index is 0.193. The molecule has 1 aliphatic rings. The molecule has 0 aromatic heterocycles. The second-order valence-electron chi connectivity index (χ2n) is 4.27. The molecule has 1 fully saturated rings. The molecule has 2 atom stereocenters. The van der Waals surface area contributed by atoms with Crippen LogP contribution in [-0.2, 0) is 9.53 Å². The van der Waals surface area contributed by atoms with Crippen LogP contribution in [0, 0.1) is 0 Å². The fraction of sp³-hybridized carbons (Fsp3) is 0.462. The molecular weight excluding hydrogens is 250 g/mol. The molecule has 1 aromatic carbocycles. The van der Waals surface area contributed by atoms with Crippen molar-refractivity contribution in [3.63, 3.8) is 0 Å². The zero-order chi connectivity index (χ0) is 13.0. The molecule has 5 heteroatoms. The molecule has 2 N–H and O–H groups in total. The van der Waals surface area contributed by atoms with Gasteiger partial charge in [-0.15, -0.1) is 0 Å². The predicted octanol–water partition coefficient (Wildman–Crippen LogP) is 1.70. The van der Waals surface area contributed by atoms with Crippen LogP contribution >= 0.6 is 11.8 Å². The molecule has 0 amide bonds. The highest BCUT2D eigenvalue weighted by Gasteiger charge is 2.26. The van der Waals surface area contributed by atoms with Gasteiger partial charge >= 0.3 is 5.97 Å². The van der Waals surface area contributed by atoms with Gasteiger partial charge in [0.2, 0.25) is 0 Å². The lowest BCUT2D eigenvalue weighted by Gasteiger charge is -2.20. The summed E-state index contributed by atoms with van der Waals surface area (Å²) in [5.74, 6) is 2.04. The Morgan fingerprint density at radius 2 is 2.22 bits per heavy atom. The van der Waals surface area contributed by atoms with Crippen LogP contribution in [0.3, 0.4) is 0 Å². The van der Waals surface area contributed by atoms with Crippen LogP contribution < -0.4 is 5.32 Å². The van der Waals surface area contributed by atoms with Gasteiger partial charge in [-0.05, 0) is 29.9 Å². The number of ether oxygens (including phenoxy) is 1. The van der Waals surface area contributed by atoms with Gasteiger partial charge in [0.25, 0.3) is 0 Å². The number of rotatable bonds is 4. The Morgan fingerprint density at radius 3 is 2.78 bits per heavy atom. The summed E-state index contributed by atoms with van der Waals surface area (Å²) >= 11 is 1.89. The van der Waals surface area contributed by atoms with Gasteiger partial charge in [0.05, 0.1) is 7.11 Å². The molecule has 0 saturated carbocycles. The molecular formula is C13H17NO3S. The zero-order valence-corrected chi connectivity index (χ0v) is 11.1. The number of carbonyl (C=O) groups excluding carboxylic acids is 1. The molecule has 0 bridgehead atoms. The number of aromatic hydroxyl groups is 1. The molecule has 1 aromatic rings. The quantitative estimate of drug-likeness (QED) is 0.813. The highest BCUT2D eigenvalue weighted by molar-refractivity contribution is 7.99. The van der Waals surface area contributed by atoms with Gasteiger partial charge in [-0.1, -0.05) is 12.1 Å². The van der Waals surface area contributed by atoms with Crippen molar-refractivity contribution < 1.29 is 14.6 Å². The van der Waals surface area contributed by atoms with E-state index in [0.717, 1.165) is 23.5 Å². The molecule has 0 aliphatic carbocycles. The summed E-state index contributed by atoms with van der Waals surface area (Å²) in [5.41, 5.74) is 0.816. The Kier molecular flexibility index (Phi) is 4.49. The number of esters is 1. The number of methoxy groups -OCH3 is 1. The average Bonchev–Trinajstić information content (AvgIpc) is 2.89. The van der Waals surface area contributed by atoms with Gasteiger partial charge in [0.1, 0.15) is 11.8 Å². The first-order valence-electron chi connectivity index (χ1n) is 5.91. The van der Waals surface area contributed by atoms with Crippen molar-refractivity contribution in [1.29, 1.82) is 0 Å². The maximum absolute atomic E-state index is 11.8. The van der Waals surface area contributed by atoms with E-state index in [0.29, 0.717) is 6.04 Å². The lowest BCUT2D eigenvalue weighted by molar-refractivity contribution is -0.143. The van der Waals surface area contributed by atoms with Crippen molar-refractivity contribution in [1.82, 2.24) is 5.32 Å².